The van der Waals surface area contributed by atoms with Crippen molar-refractivity contribution in [1.29, 1.82) is 0 Å². The van der Waals surface area contributed by atoms with Crippen molar-refractivity contribution in [3.05, 3.63) is 36.4 Å². The predicted octanol–water partition coefficient (Wildman–Crippen LogP) is 3.84. The molecule has 0 aliphatic carbocycles. The minimum Gasteiger partial charge on any atom is -0.497 e. The van der Waals surface area contributed by atoms with Gasteiger partial charge in [0.2, 0.25) is 0 Å². The number of unbranched alkanes of at least 4 members (excludes halogenated alkanes) is 3. The van der Waals surface area contributed by atoms with Gasteiger partial charge in [-0.05, 0) is 38.7 Å². The first-order valence-electron chi connectivity index (χ1n) is 6.86. The second-order valence-electron chi connectivity index (χ2n) is 4.68. The quantitative estimate of drug-likeness (QED) is 0.544. The summed E-state index contributed by atoms with van der Waals surface area (Å²) in [6, 6.07) is 5.75. The lowest BCUT2D eigenvalue weighted by Crippen LogP contribution is -2.09. The Kier molecular flexibility index (Phi) is 7.04. The van der Waals surface area contributed by atoms with Crippen LogP contribution in [0.5, 0.6) is 11.5 Å². The van der Waals surface area contributed by atoms with Crippen LogP contribution in [0.1, 0.15) is 44.2 Å². The molecule has 1 atom stereocenters. The van der Waals surface area contributed by atoms with Crippen molar-refractivity contribution in [2.24, 2.45) is 5.73 Å². The molecule has 1 rings (SSSR count). The van der Waals surface area contributed by atoms with Crippen LogP contribution in [-0.2, 0) is 0 Å². The average molecular weight is 263 g/mol. The Labute approximate surface area is 116 Å². The van der Waals surface area contributed by atoms with Crippen LogP contribution in [0.2, 0.25) is 0 Å². The molecule has 1 unspecified atom stereocenters. The van der Waals surface area contributed by atoms with E-state index < -0.39 is 0 Å². The van der Waals surface area contributed by atoms with Crippen molar-refractivity contribution >= 4 is 0 Å². The van der Waals surface area contributed by atoms with Gasteiger partial charge in [-0.25, -0.2) is 0 Å². The summed E-state index contributed by atoms with van der Waals surface area (Å²) in [5.74, 6) is 1.63. The number of ether oxygens (including phenoxy) is 2. The van der Waals surface area contributed by atoms with Crippen molar-refractivity contribution in [3.63, 3.8) is 0 Å². The zero-order valence-corrected chi connectivity index (χ0v) is 12.0. The normalized spacial score (nSPS) is 11.9. The van der Waals surface area contributed by atoms with Crippen LogP contribution >= 0.6 is 0 Å². The van der Waals surface area contributed by atoms with Gasteiger partial charge in [-0.3, -0.25) is 0 Å². The summed E-state index contributed by atoms with van der Waals surface area (Å²) in [4.78, 5) is 0. The molecule has 0 aliphatic rings. The summed E-state index contributed by atoms with van der Waals surface area (Å²) >= 11 is 0. The SMILES string of the molecule is C=CCCCCCOc1cc(OC)ccc1C(C)N. The summed E-state index contributed by atoms with van der Waals surface area (Å²) in [5, 5.41) is 0. The van der Waals surface area contributed by atoms with E-state index in [4.69, 9.17) is 15.2 Å². The zero-order chi connectivity index (χ0) is 14.1. The minimum absolute atomic E-state index is 0.0401. The second kappa shape index (κ2) is 8.59. The Morgan fingerprint density at radius 2 is 2.11 bits per heavy atom. The highest BCUT2D eigenvalue weighted by atomic mass is 16.5. The lowest BCUT2D eigenvalue weighted by atomic mass is 10.1. The van der Waals surface area contributed by atoms with E-state index in [9.17, 15) is 0 Å². The Hall–Kier alpha value is -1.48. The van der Waals surface area contributed by atoms with Crippen molar-refractivity contribution in [3.8, 4) is 11.5 Å². The topological polar surface area (TPSA) is 44.5 Å². The van der Waals surface area contributed by atoms with Gasteiger partial charge in [0.05, 0.1) is 13.7 Å². The van der Waals surface area contributed by atoms with E-state index in [-0.39, 0.29) is 6.04 Å². The molecule has 0 spiro atoms. The maximum absolute atomic E-state index is 5.94. The van der Waals surface area contributed by atoms with Crippen molar-refractivity contribution in [2.75, 3.05) is 13.7 Å². The molecule has 1 aromatic rings. The third kappa shape index (κ3) is 5.35. The molecule has 0 bridgehead atoms. The lowest BCUT2D eigenvalue weighted by molar-refractivity contribution is 0.299. The van der Waals surface area contributed by atoms with Gasteiger partial charge >= 0.3 is 0 Å². The van der Waals surface area contributed by atoms with Gasteiger partial charge in [-0.1, -0.05) is 12.1 Å². The van der Waals surface area contributed by atoms with Crippen molar-refractivity contribution in [2.45, 2.75) is 38.6 Å². The van der Waals surface area contributed by atoms with Gasteiger partial charge < -0.3 is 15.2 Å². The standard InChI is InChI=1S/C16H25NO2/c1-4-5-6-7-8-11-19-16-12-14(18-3)9-10-15(16)13(2)17/h4,9-10,12-13H,1,5-8,11,17H2,2-3H3. The molecular weight excluding hydrogens is 238 g/mol. The largest absolute Gasteiger partial charge is 0.497 e. The molecule has 19 heavy (non-hydrogen) atoms. The van der Waals surface area contributed by atoms with Crippen molar-refractivity contribution < 1.29 is 9.47 Å². The van der Waals surface area contributed by atoms with Gasteiger partial charge in [-0.2, -0.15) is 0 Å². The molecule has 0 saturated heterocycles. The first-order valence-corrected chi connectivity index (χ1v) is 6.86. The number of hydrogen-bond donors (Lipinski definition) is 1. The number of rotatable bonds is 9. The molecule has 106 valence electrons. The zero-order valence-electron chi connectivity index (χ0n) is 12.0. The fraction of sp³-hybridized carbons (Fsp3) is 0.500. The molecule has 0 saturated carbocycles. The maximum atomic E-state index is 5.94. The van der Waals surface area contributed by atoms with Crippen LogP contribution in [0.4, 0.5) is 0 Å². The third-order valence-electron chi connectivity index (χ3n) is 3.02. The smallest absolute Gasteiger partial charge is 0.127 e. The third-order valence-corrected chi connectivity index (χ3v) is 3.02. The molecule has 1 aromatic carbocycles. The minimum atomic E-state index is -0.0401. The molecule has 3 nitrogen and oxygen atoms in total. The summed E-state index contributed by atoms with van der Waals surface area (Å²) in [7, 11) is 1.65. The van der Waals surface area contributed by atoms with Crippen molar-refractivity contribution in [1.82, 2.24) is 0 Å². The van der Waals surface area contributed by atoms with E-state index in [1.54, 1.807) is 7.11 Å². The fourth-order valence-corrected chi connectivity index (χ4v) is 1.89. The van der Waals surface area contributed by atoms with E-state index in [1.165, 1.54) is 6.42 Å². The molecule has 0 aliphatic heterocycles. The maximum Gasteiger partial charge on any atom is 0.127 e. The molecule has 0 heterocycles. The second-order valence-corrected chi connectivity index (χ2v) is 4.68. The average Bonchev–Trinajstić information content (AvgIpc) is 2.42. The van der Waals surface area contributed by atoms with Crippen LogP contribution in [0.3, 0.4) is 0 Å². The number of hydrogen-bond acceptors (Lipinski definition) is 3. The number of nitrogens with two attached hydrogens (primary N) is 1. The predicted molar refractivity (Wildman–Crippen MR) is 79.8 cm³/mol. The van der Waals surface area contributed by atoms with E-state index in [1.807, 2.05) is 31.2 Å². The fourth-order valence-electron chi connectivity index (χ4n) is 1.89. The van der Waals surface area contributed by atoms with Crippen LogP contribution in [0, 0.1) is 0 Å². The molecule has 0 fully saturated rings. The number of allylic oxidation sites excluding steroid dienone is 1. The highest BCUT2D eigenvalue weighted by Gasteiger charge is 2.09. The molecule has 0 aromatic heterocycles. The van der Waals surface area contributed by atoms with Crippen LogP contribution in [0.25, 0.3) is 0 Å². The summed E-state index contributed by atoms with van der Waals surface area (Å²) in [6.45, 7) is 6.39. The molecular formula is C16H25NO2. The van der Waals surface area contributed by atoms with Crippen LogP contribution in [-0.4, -0.2) is 13.7 Å². The molecule has 0 radical (unpaired) electrons. The van der Waals surface area contributed by atoms with E-state index >= 15 is 0 Å². The first-order chi connectivity index (χ1) is 9.19. The highest BCUT2D eigenvalue weighted by molar-refractivity contribution is 5.42. The number of methoxy groups -OCH3 is 1. The van der Waals surface area contributed by atoms with E-state index in [0.717, 1.165) is 36.3 Å². The Morgan fingerprint density at radius 3 is 2.74 bits per heavy atom. The van der Waals surface area contributed by atoms with Gasteiger partial charge in [0.25, 0.3) is 0 Å². The monoisotopic (exact) mass is 263 g/mol. The summed E-state index contributed by atoms with van der Waals surface area (Å²) < 4.78 is 11.1. The van der Waals surface area contributed by atoms with Gasteiger partial charge in [0.15, 0.2) is 0 Å². The van der Waals surface area contributed by atoms with Gasteiger partial charge in [0.1, 0.15) is 11.5 Å². The Balaban J connectivity index is 2.52. The summed E-state index contributed by atoms with van der Waals surface area (Å²) in [6.07, 6.45) is 6.40. The lowest BCUT2D eigenvalue weighted by Gasteiger charge is -2.15. The van der Waals surface area contributed by atoms with Gasteiger partial charge in [0, 0.05) is 17.7 Å². The first kappa shape index (κ1) is 15.6. The van der Waals surface area contributed by atoms with E-state index in [0.29, 0.717) is 6.61 Å². The summed E-state index contributed by atoms with van der Waals surface area (Å²) in [5.41, 5.74) is 6.96. The Bertz CT molecular complexity index is 388. The van der Waals surface area contributed by atoms with Crippen LogP contribution in [0.15, 0.2) is 30.9 Å². The highest BCUT2D eigenvalue weighted by Crippen LogP contribution is 2.28. The molecule has 2 N–H and O–H groups in total. The number of benzene rings is 1. The van der Waals surface area contributed by atoms with Crippen LogP contribution < -0.4 is 15.2 Å². The van der Waals surface area contributed by atoms with E-state index in [2.05, 4.69) is 6.58 Å². The molecule has 3 heteroatoms. The van der Waals surface area contributed by atoms with Gasteiger partial charge in [-0.15, -0.1) is 6.58 Å². The molecule has 0 amide bonds. The Morgan fingerprint density at radius 1 is 1.32 bits per heavy atom.